The predicted octanol–water partition coefficient (Wildman–Crippen LogP) is 2.19. The van der Waals surface area contributed by atoms with Crippen LogP contribution in [0.4, 0.5) is 0 Å². The molecular weight excluding hydrogens is 250 g/mol. The molecule has 0 aliphatic rings. The molecule has 20 heavy (non-hydrogen) atoms. The van der Waals surface area contributed by atoms with Crippen LogP contribution in [0, 0.1) is 0 Å². The van der Waals surface area contributed by atoms with Crippen molar-refractivity contribution >= 4 is 0 Å². The van der Waals surface area contributed by atoms with Gasteiger partial charge in [0.05, 0.1) is 13.3 Å². The number of hydrogen-bond acceptors (Lipinski definition) is 3. The Bertz CT molecular complexity index is 519. The average molecular weight is 273 g/mol. The van der Waals surface area contributed by atoms with E-state index in [-0.39, 0.29) is 0 Å². The minimum absolute atomic E-state index is 0.428. The van der Waals surface area contributed by atoms with Gasteiger partial charge in [-0.15, -0.1) is 0 Å². The van der Waals surface area contributed by atoms with Gasteiger partial charge in [-0.2, -0.15) is 5.10 Å². The number of rotatable bonds is 7. The van der Waals surface area contributed by atoms with Crippen LogP contribution >= 0.6 is 0 Å². The Kier molecular flexibility index (Phi) is 5.18. The summed E-state index contributed by atoms with van der Waals surface area (Å²) in [4.78, 5) is 0. The van der Waals surface area contributed by atoms with Gasteiger partial charge in [-0.05, 0) is 42.6 Å². The van der Waals surface area contributed by atoms with Crippen LogP contribution in [0.1, 0.15) is 18.1 Å². The largest absolute Gasteiger partial charge is 0.497 e. The van der Waals surface area contributed by atoms with Gasteiger partial charge in [-0.3, -0.25) is 4.68 Å². The molecule has 0 aliphatic carbocycles. The molecule has 4 heteroatoms. The zero-order valence-electron chi connectivity index (χ0n) is 12.5. The molecule has 0 saturated carbocycles. The SMILES string of the molecule is CCNC(Cc1ccc(OC)cc1)Cc1cnn(C)c1. The van der Waals surface area contributed by atoms with E-state index in [0.717, 1.165) is 25.1 Å². The molecule has 1 heterocycles. The van der Waals surface area contributed by atoms with Gasteiger partial charge in [0, 0.05) is 19.3 Å². The van der Waals surface area contributed by atoms with Crippen molar-refractivity contribution in [3.8, 4) is 5.75 Å². The first-order valence-electron chi connectivity index (χ1n) is 7.05. The van der Waals surface area contributed by atoms with Gasteiger partial charge in [-0.25, -0.2) is 0 Å². The summed E-state index contributed by atoms with van der Waals surface area (Å²) in [6.45, 7) is 3.12. The van der Waals surface area contributed by atoms with Gasteiger partial charge in [0.2, 0.25) is 0 Å². The minimum Gasteiger partial charge on any atom is -0.497 e. The number of benzene rings is 1. The minimum atomic E-state index is 0.428. The first-order valence-corrected chi connectivity index (χ1v) is 7.05. The van der Waals surface area contributed by atoms with Crippen molar-refractivity contribution in [2.45, 2.75) is 25.8 Å². The molecule has 2 rings (SSSR count). The molecule has 1 atom stereocenters. The van der Waals surface area contributed by atoms with Crippen molar-refractivity contribution in [2.24, 2.45) is 7.05 Å². The average Bonchev–Trinajstić information content (AvgIpc) is 2.85. The standard InChI is InChI=1S/C16H23N3O/c1-4-17-15(10-14-11-18-19(2)12-14)9-13-5-7-16(20-3)8-6-13/h5-8,11-12,15,17H,4,9-10H2,1-3H3. The van der Waals surface area contributed by atoms with E-state index in [0.29, 0.717) is 6.04 Å². The maximum Gasteiger partial charge on any atom is 0.118 e. The number of aromatic nitrogens is 2. The summed E-state index contributed by atoms with van der Waals surface area (Å²) in [5, 5.41) is 7.78. The molecule has 0 saturated heterocycles. The van der Waals surface area contributed by atoms with Gasteiger partial charge in [0.25, 0.3) is 0 Å². The quantitative estimate of drug-likeness (QED) is 0.840. The Morgan fingerprint density at radius 1 is 1.20 bits per heavy atom. The van der Waals surface area contributed by atoms with Crippen LogP contribution in [0.2, 0.25) is 0 Å². The highest BCUT2D eigenvalue weighted by atomic mass is 16.5. The molecule has 1 aromatic heterocycles. The third kappa shape index (κ3) is 4.10. The molecule has 1 N–H and O–H groups in total. The Morgan fingerprint density at radius 2 is 1.90 bits per heavy atom. The maximum absolute atomic E-state index is 5.19. The van der Waals surface area contributed by atoms with Crippen LogP contribution < -0.4 is 10.1 Å². The van der Waals surface area contributed by atoms with E-state index in [1.807, 2.05) is 30.1 Å². The Labute approximate surface area is 120 Å². The van der Waals surface area contributed by atoms with Crippen LogP contribution in [-0.2, 0) is 19.9 Å². The van der Waals surface area contributed by atoms with Crippen molar-refractivity contribution < 1.29 is 4.74 Å². The number of nitrogens with zero attached hydrogens (tertiary/aromatic N) is 2. The molecule has 0 bridgehead atoms. The summed E-state index contributed by atoms with van der Waals surface area (Å²) in [7, 11) is 3.65. The second-order valence-corrected chi connectivity index (χ2v) is 5.03. The number of hydrogen-bond donors (Lipinski definition) is 1. The van der Waals surface area contributed by atoms with Crippen LogP contribution in [-0.4, -0.2) is 29.5 Å². The first-order chi connectivity index (χ1) is 9.71. The molecule has 2 aromatic rings. The summed E-state index contributed by atoms with van der Waals surface area (Å²) in [6.07, 6.45) is 6.02. The van der Waals surface area contributed by atoms with Gasteiger partial charge < -0.3 is 10.1 Å². The summed E-state index contributed by atoms with van der Waals surface area (Å²) < 4.78 is 7.05. The van der Waals surface area contributed by atoms with Crippen LogP contribution in [0.5, 0.6) is 5.75 Å². The van der Waals surface area contributed by atoms with E-state index >= 15 is 0 Å². The van der Waals surface area contributed by atoms with Gasteiger partial charge in [-0.1, -0.05) is 19.1 Å². The molecule has 1 aromatic carbocycles. The Morgan fingerprint density at radius 3 is 2.45 bits per heavy atom. The summed E-state index contributed by atoms with van der Waals surface area (Å²) in [5.41, 5.74) is 2.59. The van der Waals surface area contributed by atoms with E-state index in [2.05, 4.69) is 35.7 Å². The fraction of sp³-hybridized carbons (Fsp3) is 0.438. The third-order valence-corrected chi connectivity index (χ3v) is 3.37. The summed E-state index contributed by atoms with van der Waals surface area (Å²) in [5.74, 6) is 0.904. The zero-order chi connectivity index (χ0) is 14.4. The van der Waals surface area contributed by atoms with Crippen molar-refractivity contribution in [1.29, 1.82) is 0 Å². The lowest BCUT2D eigenvalue weighted by atomic mass is 10.0. The van der Waals surface area contributed by atoms with Crippen molar-refractivity contribution in [3.63, 3.8) is 0 Å². The van der Waals surface area contributed by atoms with Gasteiger partial charge in [0.1, 0.15) is 5.75 Å². The summed E-state index contributed by atoms with van der Waals surface area (Å²) in [6, 6.07) is 8.72. The van der Waals surface area contributed by atoms with E-state index in [9.17, 15) is 0 Å². The van der Waals surface area contributed by atoms with Gasteiger partial charge in [0.15, 0.2) is 0 Å². The number of nitrogens with one attached hydrogen (secondary N) is 1. The second kappa shape index (κ2) is 7.10. The molecule has 108 valence electrons. The molecular formula is C16H23N3O. The molecule has 0 spiro atoms. The lowest BCUT2D eigenvalue weighted by molar-refractivity contribution is 0.414. The van der Waals surface area contributed by atoms with Crippen LogP contribution in [0.15, 0.2) is 36.7 Å². The zero-order valence-corrected chi connectivity index (χ0v) is 12.5. The van der Waals surface area contributed by atoms with E-state index in [1.54, 1.807) is 7.11 Å². The molecule has 4 nitrogen and oxygen atoms in total. The lowest BCUT2D eigenvalue weighted by Gasteiger charge is -2.17. The van der Waals surface area contributed by atoms with Crippen molar-refractivity contribution in [1.82, 2.24) is 15.1 Å². The number of ether oxygens (including phenoxy) is 1. The fourth-order valence-corrected chi connectivity index (χ4v) is 2.41. The fourth-order valence-electron chi connectivity index (χ4n) is 2.41. The van der Waals surface area contributed by atoms with Crippen molar-refractivity contribution in [3.05, 3.63) is 47.8 Å². The molecule has 0 radical (unpaired) electrons. The molecule has 0 aliphatic heterocycles. The Balaban J connectivity index is 2.00. The molecule has 0 amide bonds. The Hall–Kier alpha value is -1.81. The second-order valence-electron chi connectivity index (χ2n) is 5.03. The highest BCUT2D eigenvalue weighted by Gasteiger charge is 2.10. The van der Waals surface area contributed by atoms with Gasteiger partial charge >= 0.3 is 0 Å². The van der Waals surface area contributed by atoms with E-state index in [1.165, 1.54) is 11.1 Å². The van der Waals surface area contributed by atoms with Crippen molar-refractivity contribution in [2.75, 3.05) is 13.7 Å². The predicted molar refractivity (Wildman–Crippen MR) is 81.1 cm³/mol. The van der Waals surface area contributed by atoms with E-state index < -0.39 is 0 Å². The monoisotopic (exact) mass is 273 g/mol. The molecule has 0 fully saturated rings. The highest BCUT2D eigenvalue weighted by molar-refractivity contribution is 5.28. The molecule has 1 unspecified atom stereocenters. The topological polar surface area (TPSA) is 39.1 Å². The highest BCUT2D eigenvalue weighted by Crippen LogP contribution is 2.14. The summed E-state index contributed by atoms with van der Waals surface area (Å²) >= 11 is 0. The van der Waals surface area contributed by atoms with Crippen LogP contribution in [0.3, 0.4) is 0 Å². The first kappa shape index (κ1) is 14.6. The maximum atomic E-state index is 5.19. The smallest absolute Gasteiger partial charge is 0.118 e. The lowest BCUT2D eigenvalue weighted by Crippen LogP contribution is -2.32. The third-order valence-electron chi connectivity index (χ3n) is 3.37. The van der Waals surface area contributed by atoms with E-state index in [4.69, 9.17) is 4.74 Å². The normalized spacial score (nSPS) is 12.3. The number of aryl methyl sites for hydroxylation is 1. The number of methoxy groups -OCH3 is 1. The van der Waals surface area contributed by atoms with Crippen LogP contribution in [0.25, 0.3) is 0 Å². The number of likely N-dealkylation sites (N-methyl/N-ethyl adjacent to an activating group) is 1.